The van der Waals surface area contributed by atoms with Crippen molar-refractivity contribution in [3.63, 3.8) is 0 Å². The highest BCUT2D eigenvalue weighted by atomic mass is 19.4. The van der Waals surface area contributed by atoms with E-state index in [4.69, 9.17) is 5.26 Å². The first-order valence-electron chi connectivity index (χ1n) is 7.29. The van der Waals surface area contributed by atoms with Crippen molar-refractivity contribution in [1.29, 1.82) is 5.26 Å². The molecule has 0 spiro atoms. The summed E-state index contributed by atoms with van der Waals surface area (Å²) in [4.78, 5) is 15.7. The first-order chi connectivity index (χ1) is 10.9. The molecule has 118 valence electrons. The molecular formula is C16H12F3N3O. The number of amides is 2. The number of carbonyl (C=O) groups is 1. The number of carbonyl (C=O) groups excluding carboxylic acids is 1. The molecule has 2 aliphatic heterocycles. The van der Waals surface area contributed by atoms with E-state index in [9.17, 15) is 18.0 Å². The maximum Gasteiger partial charge on any atom is 0.417 e. The van der Waals surface area contributed by atoms with Crippen molar-refractivity contribution in [1.82, 2.24) is 4.90 Å². The fourth-order valence-corrected chi connectivity index (χ4v) is 3.81. The number of halogens is 3. The molecule has 2 amide bonds. The van der Waals surface area contributed by atoms with E-state index in [-0.39, 0.29) is 29.7 Å². The van der Waals surface area contributed by atoms with Crippen LogP contribution in [0.15, 0.2) is 30.4 Å². The Balaban J connectivity index is 1.70. The molecule has 0 N–H and O–H groups in total. The van der Waals surface area contributed by atoms with Crippen LogP contribution in [0.2, 0.25) is 0 Å². The van der Waals surface area contributed by atoms with Gasteiger partial charge in [0.1, 0.15) is 0 Å². The van der Waals surface area contributed by atoms with Gasteiger partial charge >= 0.3 is 12.2 Å². The zero-order chi connectivity index (χ0) is 16.4. The lowest BCUT2D eigenvalue weighted by atomic mass is 10.0. The van der Waals surface area contributed by atoms with Gasteiger partial charge in [0, 0.05) is 18.2 Å². The third kappa shape index (κ3) is 1.94. The zero-order valence-corrected chi connectivity index (χ0v) is 11.9. The second kappa shape index (κ2) is 4.51. The van der Waals surface area contributed by atoms with Gasteiger partial charge in [-0.2, -0.15) is 18.4 Å². The van der Waals surface area contributed by atoms with Crippen LogP contribution >= 0.6 is 0 Å². The lowest BCUT2D eigenvalue weighted by molar-refractivity contribution is -0.137. The number of rotatable bonds is 1. The highest BCUT2D eigenvalue weighted by molar-refractivity contribution is 5.95. The van der Waals surface area contributed by atoms with Crippen LogP contribution in [0.5, 0.6) is 0 Å². The maximum absolute atomic E-state index is 13.1. The monoisotopic (exact) mass is 319 g/mol. The van der Waals surface area contributed by atoms with E-state index in [0.29, 0.717) is 6.54 Å². The van der Waals surface area contributed by atoms with Crippen molar-refractivity contribution in [2.24, 2.45) is 5.92 Å². The van der Waals surface area contributed by atoms with E-state index >= 15 is 0 Å². The third-order valence-electron chi connectivity index (χ3n) is 4.87. The summed E-state index contributed by atoms with van der Waals surface area (Å²) in [6.07, 6.45) is 0.358. The van der Waals surface area contributed by atoms with E-state index in [1.54, 1.807) is 11.0 Å². The summed E-state index contributed by atoms with van der Waals surface area (Å²) in [6.45, 7) is 0.382. The molecule has 1 aromatic rings. The van der Waals surface area contributed by atoms with Crippen LogP contribution < -0.4 is 4.90 Å². The second-order valence-electron chi connectivity index (χ2n) is 6.06. The lowest BCUT2D eigenvalue weighted by Crippen LogP contribution is -2.38. The predicted octanol–water partition coefficient (Wildman–Crippen LogP) is 3.15. The van der Waals surface area contributed by atoms with Crippen molar-refractivity contribution in [3.05, 3.63) is 41.5 Å². The van der Waals surface area contributed by atoms with Crippen LogP contribution in [-0.2, 0) is 6.18 Å². The largest absolute Gasteiger partial charge is 0.417 e. The minimum atomic E-state index is -4.62. The molecule has 2 heterocycles. The number of nitriles is 1. The summed E-state index contributed by atoms with van der Waals surface area (Å²) < 4.78 is 39.3. The lowest BCUT2D eigenvalue weighted by Gasteiger charge is -2.23. The van der Waals surface area contributed by atoms with Gasteiger partial charge in [-0.1, -0.05) is 12.2 Å². The molecule has 3 aliphatic rings. The van der Waals surface area contributed by atoms with Gasteiger partial charge in [-0.3, -0.25) is 4.90 Å². The van der Waals surface area contributed by atoms with Gasteiger partial charge in [0.05, 0.1) is 29.3 Å². The van der Waals surface area contributed by atoms with E-state index in [2.05, 4.69) is 6.08 Å². The molecule has 3 atom stereocenters. The summed E-state index contributed by atoms with van der Waals surface area (Å²) in [7, 11) is 0. The average molecular weight is 319 g/mol. The minimum Gasteiger partial charge on any atom is -0.313 e. The van der Waals surface area contributed by atoms with Crippen LogP contribution in [0, 0.1) is 17.2 Å². The van der Waals surface area contributed by atoms with Crippen molar-refractivity contribution in [2.75, 3.05) is 11.4 Å². The standard InChI is InChI=1S/C16H12F3N3O/c17-16(18,19)13-6-11(3-2-10(13)7-20)21-8-14-9-1-4-12(5-9)22(14)15(21)23/h1-4,6,9,12,14H,5,8H2/t9-,12+,14-/m0/s1. The molecule has 4 nitrogen and oxygen atoms in total. The van der Waals surface area contributed by atoms with Crippen LogP contribution in [0.4, 0.5) is 23.7 Å². The summed E-state index contributed by atoms with van der Waals surface area (Å²) in [5.74, 6) is 0.286. The van der Waals surface area contributed by atoms with Crippen molar-refractivity contribution >= 4 is 11.7 Å². The fraction of sp³-hybridized carbons (Fsp3) is 0.375. The predicted molar refractivity (Wildman–Crippen MR) is 75.6 cm³/mol. The number of urea groups is 1. The fourth-order valence-electron chi connectivity index (χ4n) is 3.81. The van der Waals surface area contributed by atoms with Gasteiger partial charge in [-0.15, -0.1) is 0 Å². The highest BCUT2D eigenvalue weighted by Gasteiger charge is 2.52. The molecule has 0 aromatic heterocycles. The maximum atomic E-state index is 13.1. The normalized spacial score (nSPS) is 28.4. The topological polar surface area (TPSA) is 47.3 Å². The number of nitrogens with zero attached hydrogens (tertiary/aromatic N) is 3. The number of fused-ring (bicyclic) bond motifs is 5. The molecular weight excluding hydrogens is 307 g/mol. The van der Waals surface area contributed by atoms with Crippen molar-refractivity contribution < 1.29 is 18.0 Å². The molecule has 0 unspecified atom stereocenters. The number of benzene rings is 1. The summed E-state index contributed by atoms with van der Waals surface area (Å²) in [5.41, 5.74) is -1.25. The quantitative estimate of drug-likeness (QED) is 0.747. The number of alkyl halides is 3. The first-order valence-corrected chi connectivity index (χ1v) is 7.29. The molecule has 1 aliphatic carbocycles. The molecule has 4 rings (SSSR count). The number of hydrogen-bond acceptors (Lipinski definition) is 2. The molecule has 23 heavy (non-hydrogen) atoms. The number of hydrogen-bond donors (Lipinski definition) is 0. The molecule has 2 fully saturated rings. The molecule has 2 saturated heterocycles. The Morgan fingerprint density at radius 2 is 2.04 bits per heavy atom. The van der Waals surface area contributed by atoms with Crippen molar-refractivity contribution in [2.45, 2.75) is 24.7 Å². The Kier molecular flexibility index (Phi) is 2.77. The van der Waals surface area contributed by atoms with E-state index in [1.165, 1.54) is 11.0 Å². The average Bonchev–Trinajstić information content (AvgIpc) is 3.19. The highest BCUT2D eigenvalue weighted by Crippen LogP contribution is 2.43. The molecule has 2 bridgehead atoms. The Bertz CT molecular complexity index is 765. The van der Waals surface area contributed by atoms with Gasteiger partial charge in [0.2, 0.25) is 0 Å². The Hall–Kier alpha value is -2.49. The number of anilines is 1. The third-order valence-corrected chi connectivity index (χ3v) is 4.87. The molecule has 0 saturated carbocycles. The Labute approximate surface area is 130 Å². The van der Waals surface area contributed by atoms with Crippen LogP contribution in [0.25, 0.3) is 0 Å². The SMILES string of the molecule is N#Cc1ccc(N2C[C@H]3[C@H]4C=C[C@H](C4)N3C2=O)cc1C(F)(F)F. The van der Waals surface area contributed by atoms with E-state index in [1.807, 2.05) is 6.08 Å². The molecule has 1 aromatic carbocycles. The van der Waals surface area contributed by atoms with Crippen molar-refractivity contribution in [3.8, 4) is 6.07 Å². The zero-order valence-electron chi connectivity index (χ0n) is 11.9. The van der Waals surface area contributed by atoms with Gasteiger partial charge < -0.3 is 4.90 Å². The second-order valence-corrected chi connectivity index (χ2v) is 6.06. The Morgan fingerprint density at radius 1 is 1.26 bits per heavy atom. The molecule has 0 radical (unpaired) electrons. The van der Waals surface area contributed by atoms with E-state index in [0.717, 1.165) is 18.6 Å². The van der Waals surface area contributed by atoms with Crippen LogP contribution in [0.1, 0.15) is 17.5 Å². The summed E-state index contributed by atoms with van der Waals surface area (Å²) in [6, 6.07) is 4.81. The van der Waals surface area contributed by atoms with Gasteiger partial charge in [-0.05, 0) is 24.6 Å². The van der Waals surface area contributed by atoms with E-state index < -0.39 is 17.3 Å². The van der Waals surface area contributed by atoms with Gasteiger partial charge in [0.25, 0.3) is 0 Å². The Morgan fingerprint density at radius 3 is 2.70 bits per heavy atom. The molecule has 7 heteroatoms. The summed E-state index contributed by atoms with van der Waals surface area (Å²) in [5, 5.41) is 8.85. The van der Waals surface area contributed by atoms with Crippen LogP contribution in [0.3, 0.4) is 0 Å². The van der Waals surface area contributed by atoms with Crippen LogP contribution in [-0.4, -0.2) is 29.6 Å². The van der Waals surface area contributed by atoms with Gasteiger partial charge in [-0.25, -0.2) is 4.79 Å². The minimum absolute atomic E-state index is 0.0301. The summed E-state index contributed by atoms with van der Waals surface area (Å²) >= 11 is 0. The first kappa shape index (κ1) is 14.1. The smallest absolute Gasteiger partial charge is 0.313 e. The van der Waals surface area contributed by atoms with Gasteiger partial charge in [0.15, 0.2) is 0 Å².